The molecule has 0 spiro atoms. The van der Waals surface area contributed by atoms with Crippen molar-refractivity contribution in [2.45, 2.75) is 13.1 Å². The van der Waals surface area contributed by atoms with Gasteiger partial charge in [0.25, 0.3) is 0 Å². The van der Waals surface area contributed by atoms with E-state index in [1.165, 1.54) is 21.5 Å². The minimum absolute atomic E-state index is 0.0151. The lowest BCUT2D eigenvalue weighted by molar-refractivity contribution is 0.685. The first-order chi connectivity index (χ1) is 13.8. The Bertz CT molecular complexity index is 1240. The number of hydrogen-bond donors (Lipinski definition) is 0. The summed E-state index contributed by atoms with van der Waals surface area (Å²) >= 11 is 0. The Kier molecular flexibility index (Phi) is 4.06. The van der Waals surface area contributed by atoms with Gasteiger partial charge >= 0.3 is 5.69 Å². The van der Waals surface area contributed by atoms with Crippen LogP contribution in [0.1, 0.15) is 11.1 Å². The Hall–Kier alpha value is -3.59. The summed E-state index contributed by atoms with van der Waals surface area (Å²) in [6, 6.07) is 29.3. The first kappa shape index (κ1) is 16.6. The van der Waals surface area contributed by atoms with Gasteiger partial charge in [0.1, 0.15) is 0 Å². The maximum atomic E-state index is 12.8. The molecule has 0 bridgehead atoms. The predicted octanol–water partition coefficient (Wildman–Crippen LogP) is 5.05. The van der Waals surface area contributed by atoms with Crippen LogP contribution in [-0.2, 0) is 13.1 Å². The first-order valence-corrected chi connectivity index (χ1v) is 9.47. The predicted molar refractivity (Wildman–Crippen MR) is 115 cm³/mol. The molecule has 0 fully saturated rings. The van der Waals surface area contributed by atoms with Gasteiger partial charge in [-0.2, -0.15) is 0 Å². The molecule has 0 atom stereocenters. The lowest BCUT2D eigenvalue weighted by Crippen LogP contribution is -2.24. The number of hydrogen-bond acceptors (Lipinski definition) is 1. The van der Waals surface area contributed by atoms with E-state index in [2.05, 4.69) is 60.7 Å². The first-order valence-electron chi connectivity index (χ1n) is 9.47. The van der Waals surface area contributed by atoms with Crippen LogP contribution in [0, 0.1) is 0 Å². The van der Waals surface area contributed by atoms with Crippen LogP contribution in [-0.4, -0.2) is 9.13 Å². The van der Waals surface area contributed by atoms with E-state index in [9.17, 15) is 4.79 Å². The number of nitrogens with zero attached hydrogens (tertiary/aromatic N) is 2. The van der Waals surface area contributed by atoms with E-state index in [1.807, 2.05) is 36.7 Å². The monoisotopic (exact) mass is 364 g/mol. The standard InChI is InChI=1S/C25H20N2O/c28-25-26(17-19-9-11-21-5-1-3-7-23(21)15-19)13-14-27(25)18-20-10-12-22-6-2-4-8-24(22)16-20/h1-16H,17-18H2. The van der Waals surface area contributed by atoms with E-state index in [0.29, 0.717) is 13.1 Å². The number of rotatable bonds is 4. The minimum atomic E-state index is 0.0151. The molecule has 136 valence electrons. The maximum absolute atomic E-state index is 12.8. The lowest BCUT2D eigenvalue weighted by atomic mass is 10.1. The Morgan fingerprint density at radius 1 is 0.536 bits per heavy atom. The largest absolute Gasteiger partial charge is 0.328 e. The zero-order valence-corrected chi connectivity index (χ0v) is 15.5. The van der Waals surface area contributed by atoms with E-state index >= 15 is 0 Å². The average molecular weight is 364 g/mol. The van der Waals surface area contributed by atoms with E-state index in [0.717, 1.165) is 11.1 Å². The molecule has 0 saturated carbocycles. The van der Waals surface area contributed by atoms with Gasteiger partial charge in [-0.1, -0.05) is 72.8 Å². The Morgan fingerprint density at radius 3 is 1.43 bits per heavy atom. The molecule has 0 amide bonds. The van der Waals surface area contributed by atoms with Gasteiger partial charge in [-0.3, -0.25) is 9.13 Å². The van der Waals surface area contributed by atoms with Crippen molar-refractivity contribution in [3.8, 4) is 0 Å². The molecule has 0 saturated heterocycles. The highest BCUT2D eigenvalue weighted by Crippen LogP contribution is 2.17. The van der Waals surface area contributed by atoms with Crippen LogP contribution in [0.2, 0.25) is 0 Å². The second-order valence-electron chi connectivity index (χ2n) is 7.20. The molecule has 4 aromatic carbocycles. The van der Waals surface area contributed by atoms with Crippen LogP contribution in [0.4, 0.5) is 0 Å². The van der Waals surface area contributed by atoms with Crippen molar-refractivity contribution in [2.24, 2.45) is 0 Å². The molecule has 0 aliphatic heterocycles. The third-order valence-corrected chi connectivity index (χ3v) is 5.25. The third kappa shape index (κ3) is 3.12. The minimum Gasteiger partial charge on any atom is -0.295 e. The quantitative estimate of drug-likeness (QED) is 0.438. The molecular formula is C25H20N2O. The number of benzene rings is 4. The second kappa shape index (κ2) is 6.86. The molecule has 0 aliphatic carbocycles. The SMILES string of the molecule is O=c1n(Cc2ccc3ccccc3c2)ccn1Cc1ccc2ccccc2c1. The normalized spacial score (nSPS) is 11.3. The van der Waals surface area contributed by atoms with Gasteiger partial charge < -0.3 is 0 Å². The zero-order chi connectivity index (χ0) is 18.9. The molecule has 1 heterocycles. The molecule has 5 rings (SSSR count). The molecule has 5 aromatic rings. The van der Waals surface area contributed by atoms with Gasteiger partial charge in [0.15, 0.2) is 0 Å². The highest BCUT2D eigenvalue weighted by molar-refractivity contribution is 5.83. The van der Waals surface area contributed by atoms with Gasteiger partial charge in [-0.15, -0.1) is 0 Å². The van der Waals surface area contributed by atoms with Crippen LogP contribution in [0.15, 0.2) is 102 Å². The molecule has 3 heteroatoms. The maximum Gasteiger partial charge on any atom is 0.328 e. The highest BCUT2D eigenvalue weighted by Gasteiger charge is 2.06. The van der Waals surface area contributed by atoms with Crippen molar-refractivity contribution in [2.75, 3.05) is 0 Å². The van der Waals surface area contributed by atoms with Crippen molar-refractivity contribution in [1.29, 1.82) is 0 Å². The molecule has 0 N–H and O–H groups in total. The van der Waals surface area contributed by atoms with Crippen molar-refractivity contribution in [3.63, 3.8) is 0 Å². The third-order valence-electron chi connectivity index (χ3n) is 5.25. The second-order valence-corrected chi connectivity index (χ2v) is 7.20. The topological polar surface area (TPSA) is 26.9 Å². The van der Waals surface area contributed by atoms with Crippen LogP contribution in [0.3, 0.4) is 0 Å². The zero-order valence-electron chi connectivity index (χ0n) is 15.5. The summed E-state index contributed by atoms with van der Waals surface area (Å²) < 4.78 is 3.54. The lowest BCUT2D eigenvalue weighted by Gasteiger charge is -2.06. The molecular weight excluding hydrogens is 344 g/mol. The van der Waals surface area contributed by atoms with Gasteiger partial charge in [0, 0.05) is 12.4 Å². The summed E-state index contributed by atoms with van der Waals surface area (Å²) in [6.07, 6.45) is 3.75. The van der Waals surface area contributed by atoms with Crippen molar-refractivity contribution in [3.05, 3.63) is 119 Å². The summed E-state index contributed by atoms with van der Waals surface area (Å²) in [6.45, 7) is 1.16. The Morgan fingerprint density at radius 2 is 0.964 bits per heavy atom. The van der Waals surface area contributed by atoms with Gasteiger partial charge in [0.2, 0.25) is 0 Å². The van der Waals surface area contributed by atoms with Gasteiger partial charge in [0.05, 0.1) is 13.1 Å². The van der Waals surface area contributed by atoms with Gasteiger partial charge in [-0.05, 0) is 44.8 Å². The van der Waals surface area contributed by atoms with Crippen molar-refractivity contribution in [1.82, 2.24) is 9.13 Å². The van der Waals surface area contributed by atoms with Crippen molar-refractivity contribution >= 4 is 21.5 Å². The fourth-order valence-corrected chi connectivity index (χ4v) is 3.76. The van der Waals surface area contributed by atoms with Crippen LogP contribution in [0.5, 0.6) is 0 Å². The summed E-state index contributed by atoms with van der Waals surface area (Å²) in [5.41, 5.74) is 2.27. The van der Waals surface area contributed by atoms with Crippen LogP contribution in [0.25, 0.3) is 21.5 Å². The fraction of sp³-hybridized carbons (Fsp3) is 0.0800. The number of imidazole rings is 1. The molecule has 0 radical (unpaired) electrons. The van der Waals surface area contributed by atoms with E-state index in [4.69, 9.17) is 0 Å². The highest BCUT2D eigenvalue weighted by atomic mass is 16.1. The number of aromatic nitrogens is 2. The van der Waals surface area contributed by atoms with E-state index in [-0.39, 0.29) is 5.69 Å². The van der Waals surface area contributed by atoms with Crippen LogP contribution >= 0.6 is 0 Å². The smallest absolute Gasteiger partial charge is 0.295 e. The fourth-order valence-electron chi connectivity index (χ4n) is 3.76. The van der Waals surface area contributed by atoms with E-state index in [1.54, 1.807) is 9.13 Å². The summed E-state index contributed by atoms with van der Waals surface area (Å²) in [5, 5.41) is 4.83. The molecule has 3 nitrogen and oxygen atoms in total. The molecule has 28 heavy (non-hydrogen) atoms. The Balaban J connectivity index is 1.41. The summed E-state index contributed by atoms with van der Waals surface area (Å²) in [7, 11) is 0. The van der Waals surface area contributed by atoms with E-state index < -0.39 is 0 Å². The molecule has 1 aromatic heterocycles. The molecule has 0 unspecified atom stereocenters. The molecule has 0 aliphatic rings. The number of fused-ring (bicyclic) bond motifs is 2. The average Bonchev–Trinajstić information content (AvgIpc) is 3.07. The summed E-state index contributed by atoms with van der Waals surface area (Å²) in [4.78, 5) is 12.8. The van der Waals surface area contributed by atoms with Gasteiger partial charge in [-0.25, -0.2) is 4.79 Å². The van der Waals surface area contributed by atoms with Crippen LogP contribution < -0.4 is 5.69 Å². The summed E-state index contributed by atoms with van der Waals surface area (Å²) in [5.74, 6) is 0. The Labute approximate surface area is 163 Å². The van der Waals surface area contributed by atoms with Crippen molar-refractivity contribution < 1.29 is 0 Å².